The SMILES string of the molecule is CC(N)Cc1ccc2ccccc2c1.Cc1nnc(NCCCC2CN(C(=O)C(N)CC3=CC4C=CC=CC(=C4)C=C3)[C@H](CC(C)C)CN2C)s1. The third-order valence-corrected chi connectivity index (χ3v) is 10.5. The van der Waals surface area contributed by atoms with E-state index < -0.39 is 6.04 Å². The smallest absolute Gasteiger partial charge is 0.240 e. The fourth-order valence-corrected chi connectivity index (χ4v) is 7.78. The van der Waals surface area contributed by atoms with Gasteiger partial charge in [-0.1, -0.05) is 116 Å². The number of rotatable bonds is 12. The van der Waals surface area contributed by atoms with Crippen LogP contribution in [0.1, 0.15) is 57.0 Å². The highest BCUT2D eigenvalue weighted by Gasteiger charge is 2.36. The first-order valence-corrected chi connectivity index (χ1v) is 19.3. The molecule has 1 aromatic heterocycles. The van der Waals surface area contributed by atoms with Gasteiger partial charge in [0.15, 0.2) is 0 Å². The molecule has 6 rings (SSSR count). The standard InChI is InChI=1S/C29H42N6OS.C13H15N/c1-20(2)14-26-18-34(4)25(10-7-13-31-29-33-32-21(3)37-29)19-35(26)28(36)27(30)17-24-12-11-22-8-5-6-9-23(15-22)16-24;1-10(14)8-11-6-7-12-4-2-3-5-13(12)9-11/h5-6,8-9,11-12,15-16,20,23,25-27H,7,10,13-14,17-19,30H2,1-4H3,(H,31,33);2-7,9-10H,8,14H2,1H3/t23?,25?,26-,27?;/m1./s1. The van der Waals surface area contributed by atoms with E-state index in [4.69, 9.17) is 11.5 Å². The molecule has 272 valence electrons. The van der Waals surface area contributed by atoms with Gasteiger partial charge in [0.2, 0.25) is 11.0 Å². The van der Waals surface area contributed by atoms with Crippen LogP contribution in [0.15, 0.2) is 102 Å². The van der Waals surface area contributed by atoms with Crippen LogP contribution in [0.3, 0.4) is 0 Å². The number of fused-ring (bicyclic) bond motifs is 2. The van der Waals surface area contributed by atoms with Gasteiger partial charge >= 0.3 is 0 Å². The van der Waals surface area contributed by atoms with E-state index in [2.05, 4.69) is 137 Å². The summed E-state index contributed by atoms with van der Waals surface area (Å²) in [6.07, 6.45) is 21.7. The summed E-state index contributed by atoms with van der Waals surface area (Å²) in [4.78, 5) is 18.3. The number of aromatic nitrogens is 2. The number of carbonyl (C=O) groups is 1. The van der Waals surface area contributed by atoms with E-state index in [-0.39, 0.29) is 23.9 Å². The van der Waals surface area contributed by atoms with Gasteiger partial charge in [-0.3, -0.25) is 9.69 Å². The molecule has 5 N–H and O–H groups in total. The minimum atomic E-state index is -0.540. The fourth-order valence-electron chi connectivity index (χ4n) is 7.17. The molecule has 8 nitrogen and oxygen atoms in total. The highest BCUT2D eigenvalue weighted by molar-refractivity contribution is 7.15. The quantitative estimate of drug-likeness (QED) is 0.171. The predicted molar refractivity (Wildman–Crippen MR) is 215 cm³/mol. The number of likely N-dealkylation sites (N-methyl/N-ethyl adjacent to an activating group) is 1. The van der Waals surface area contributed by atoms with Crippen molar-refractivity contribution in [3.05, 3.63) is 113 Å². The van der Waals surface area contributed by atoms with Crippen LogP contribution < -0.4 is 16.8 Å². The molecular weight excluding hydrogens is 651 g/mol. The number of anilines is 1. The molecule has 0 radical (unpaired) electrons. The summed E-state index contributed by atoms with van der Waals surface area (Å²) in [5.74, 6) is 0.831. The highest BCUT2D eigenvalue weighted by atomic mass is 32.1. The van der Waals surface area contributed by atoms with Crippen molar-refractivity contribution >= 4 is 33.1 Å². The van der Waals surface area contributed by atoms with Gasteiger partial charge in [0.25, 0.3) is 0 Å². The Hall–Kier alpha value is -3.89. The van der Waals surface area contributed by atoms with Crippen LogP contribution in [-0.4, -0.2) is 76.8 Å². The van der Waals surface area contributed by atoms with Crippen LogP contribution in [-0.2, 0) is 11.2 Å². The number of piperazine rings is 1. The molecule has 1 fully saturated rings. The largest absolute Gasteiger partial charge is 0.360 e. The number of allylic oxidation sites excluding steroid dienone is 9. The number of amides is 1. The lowest BCUT2D eigenvalue weighted by molar-refractivity contribution is -0.139. The molecule has 2 bridgehead atoms. The molecule has 1 aliphatic heterocycles. The molecular formula is C42H57N7OS. The summed E-state index contributed by atoms with van der Waals surface area (Å²) < 4.78 is 0. The van der Waals surface area contributed by atoms with E-state index in [0.29, 0.717) is 18.4 Å². The van der Waals surface area contributed by atoms with Crippen molar-refractivity contribution in [2.24, 2.45) is 23.3 Å². The van der Waals surface area contributed by atoms with Crippen LogP contribution >= 0.6 is 11.3 Å². The van der Waals surface area contributed by atoms with Crippen molar-refractivity contribution < 1.29 is 4.79 Å². The molecule has 9 heteroatoms. The third kappa shape index (κ3) is 11.6. The van der Waals surface area contributed by atoms with Gasteiger partial charge in [0.1, 0.15) is 5.01 Å². The second-order valence-electron chi connectivity index (χ2n) is 14.8. The van der Waals surface area contributed by atoms with Crippen LogP contribution in [0.25, 0.3) is 10.8 Å². The number of nitrogens with one attached hydrogen (secondary N) is 1. The molecule has 51 heavy (non-hydrogen) atoms. The molecule has 3 aromatic rings. The lowest BCUT2D eigenvalue weighted by Gasteiger charge is -2.46. The van der Waals surface area contributed by atoms with E-state index in [0.717, 1.165) is 61.0 Å². The predicted octanol–water partition coefficient (Wildman–Crippen LogP) is 7.21. The Morgan fingerprint density at radius 3 is 2.51 bits per heavy atom. The summed E-state index contributed by atoms with van der Waals surface area (Å²) in [5.41, 5.74) is 16.0. The number of hydrogen-bond donors (Lipinski definition) is 3. The number of aryl methyl sites for hydroxylation is 1. The van der Waals surface area contributed by atoms with Crippen molar-refractivity contribution in [1.82, 2.24) is 20.0 Å². The molecule has 5 atom stereocenters. The maximum absolute atomic E-state index is 13.8. The molecule has 2 aromatic carbocycles. The van der Waals surface area contributed by atoms with Crippen molar-refractivity contribution in [3.63, 3.8) is 0 Å². The Labute approximate surface area is 309 Å². The summed E-state index contributed by atoms with van der Waals surface area (Å²) in [7, 11) is 2.19. The zero-order chi connectivity index (χ0) is 36.3. The van der Waals surface area contributed by atoms with E-state index in [9.17, 15) is 4.79 Å². The minimum Gasteiger partial charge on any atom is -0.360 e. The number of nitrogens with zero attached hydrogens (tertiary/aromatic N) is 4. The maximum Gasteiger partial charge on any atom is 0.240 e. The molecule has 0 spiro atoms. The summed E-state index contributed by atoms with van der Waals surface area (Å²) >= 11 is 1.58. The van der Waals surface area contributed by atoms with Crippen LogP contribution in [0.4, 0.5) is 5.13 Å². The number of carbonyl (C=O) groups excluding carboxylic acids is 1. The first-order chi connectivity index (χ1) is 24.5. The van der Waals surface area contributed by atoms with Crippen molar-refractivity contribution in [2.75, 3.05) is 32.0 Å². The molecule has 2 aliphatic carbocycles. The summed E-state index contributed by atoms with van der Waals surface area (Å²) in [5, 5.41) is 16.0. The molecule has 1 amide bonds. The van der Waals surface area contributed by atoms with Gasteiger partial charge in [0, 0.05) is 43.7 Å². The first kappa shape index (κ1) is 38.3. The average molecular weight is 708 g/mol. The Morgan fingerprint density at radius 1 is 0.961 bits per heavy atom. The van der Waals surface area contributed by atoms with Gasteiger partial charge < -0.3 is 21.7 Å². The molecule has 3 aliphatic rings. The molecule has 1 saturated heterocycles. The number of benzene rings is 2. The first-order valence-electron chi connectivity index (χ1n) is 18.5. The van der Waals surface area contributed by atoms with Crippen molar-refractivity contribution in [3.8, 4) is 0 Å². The van der Waals surface area contributed by atoms with Crippen molar-refractivity contribution in [1.29, 1.82) is 0 Å². The Balaban J connectivity index is 0.000000299. The van der Waals surface area contributed by atoms with Crippen molar-refractivity contribution in [2.45, 2.75) is 84.0 Å². The monoisotopic (exact) mass is 707 g/mol. The topological polar surface area (TPSA) is 113 Å². The number of hydrogen-bond acceptors (Lipinski definition) is 8. The van der Waals surface area contributed by atoms with Crippen LogP contribution in [0.5, 0.6) is 0 Å². The normalized spacial score (nSPS) is 21.3. The van der Waals surface area contributed by atoms with E-state index in [1.54, 1.807) is 11.3 Å². The molecule has 0 saturated carbocycles. The Morgan fingerprint density at radius 2 is 1.76 bits per heavy atom. The van der Waals surface area contributed by atoms with Gasteiger partial charge in [-0.25, -0.2) is 0 Å². The number of nitrogens with two attached hydrogens (primary N) is 2. The second kappa shape index (κ2) is 18.6. The van der Waals surface area contributed by atoms with E-state index >= 15 is 0 Å². The highest BCUT2D eigenvalue weighted by Crippen LogP contribution is 2.26. The Bertz CT molecular complexity index is 1750. The fraction of sp³-hybridized carbons (Fsp3) is 0.452. The third-order valence-electron chi connectivity index (χ3n) is 9.67. The van der Waals surface area contributed by atoms with Gasteiger partial charge in [-0.2, -0.15) is 0 Å². The maximum atomic E-state index is 13.8. The lowest BCUT2D eigenvalue weighted by Crippen LogP contribution is -2.61. The van der Waals surface area contributed by atoms with E-state index in [1.165, 1.54) is 21.9 Å². The van der Waals surface area contributed by atoms with Gasteiger partial charge in [-0.15, -0.1) is 10.2 Å². The summed E-state index contributed by atoms with van der Waals surface area (Å²) in [6.45, 7) is 10.9. The Kier molecular flexibility index (Phi) is 14.0. The average Bonchev–Trinajstić information content (AvgIpc) is 3.26. The molecule has 4 unspecified atom stereocenters. The van der Waals surface area contributed by atoms with Crippen LogP contribution in [0.2, 0.25) is 0 Å². The lowest BCUT2D eigenvalue weighted by atomic mass is 9.94. The zero-order valence-corrected chi connectivity index (χ0v) is 31.9. The van der Waals surface area contributed by atoms with Crippen LogP contribution in [0, 0.1) is 18.8 Å². The minimum absolute atomic E-state index is 0.0806. The van der Waals surface area contributed by atoms with E-state index in [1.807, 2.05) is 13.8 Å². The van der Waals surface area contributed by atoms with Gasteiger partial charge in [-0.05, 0) is 86.4 Å². The zero-order valence-electron chi connectivity index (χ0n) is 31.0. The van der Waals surface area contributed by atoms with Gasteiger partial charge in [0.05, 0.1) is 6.04 Å². The second-order valence-corrected chi connectivity index (χ2v) is 16.0. The summed E-state index contributed by atoms with van der Waals surface area (Å²) in [6, 6.07) is 15.1. The molecule has 2 heterocycles.